The number of nitrogens with zero attached hydrogens (tertiary/aromatic N) is 4. The first kappa shape index (κ1) is 19.5. The third-order valence-corrected chi connectivity index (χ3v) is 6.26. The van der Waals surface area contributed by atoms with Crippen molar-refractivity contribution >= 4 is 45.0 Å². The highest BCUT2D eigenvalue weighted by atomic mass is 32.2. The minimum Gasteiger partial charge on any atom is -0.300 e. The van der Waals surface area contributed by atoms with Gasteiger partial charge in [-0.15, -0.1) is 10.2 Å². The molecule has 4 aromatic rings. The van der Waals surface area contributed by atoms with E-state index in [-0.39, 0.29) is 11.7 Å². The summed E-state index contributed by atoms with van der Waals surface area (Å²) in [6, 6.07) is 15.9. The monoisotopic (exact) mass is 421 g/mol. The minimum absolute atomic E-state index is 0.130. The van der Waals surface area contributed by atoms with Gasteiger partial charge in [0.25, 0.3) is 0 Å². The molecule has 0 unspecified atom stereocenters. The van der Waals surface area contributed by atoms with Crippen LogP contribution in [0.25, 0.3) is 22.3 Å². The van der Waals surface area contributed by atoms with Gasteiger partial charge in [-0.2, -0.15) is 0 Å². The smallest absolute Gasteiger partial charge is 0.236 e. The molecule has 146 valence electrons. The Kier molecular flexibility index (Phi) is 5.82. The summed E-state index contributed by atoms with van der Waals surface area (Å²) in [5.41, 5.74) is 2.93. The van der Waals surface area contributed by atoms with E-state index in [1.54, 1.807) is 0 Å². The molecule has 0 spiro atoms. The van der Waals surface area contributed by atoms with E-state index in [0.717, 1.165) is 38.5 Å². The van der Waals surface area contributed by atoms with Gasteiger partial charge in [-0.05, 0) is 18.9 Å². The molecule has 0 saturated carbocycles. The van der Waals surface area contributed by atoms with Gasteiger partial charge in [-0.25, -0.2) is 9.97 Å². The molecule has 4 rings (SSSR count). The number of anilines is 1. The zero-order chi connectivity index (χ0) is 20.2. The summed E-state index contributed by atoms with van der Waals surface area (Å²) in [6.07, 6.45) is 0.802. The molecule has 0 saturated heterocycles. The molecular formula is C21H19N5OS2. The van der Waals surface area contributed by atoms with Crippen LogP contribution >= 0.6 is 23.1 Å². The molecule has 6 nitrogen and oxygen atoms in total. The van der Waals surface area contributed by atoms with Crippen LogP contribution < -0.4 is 5.32 Å². The molecule has 0 fully saturated rings. The maximum absolute atomic E-state index is 12.4. The Morgan fingerprint density at radius 2 is 1.90 bits per heavy atom. The Bertz CT molecular complexity index is 1160. The van der Waals surface area contributed by atoms with E-state index in [0.29, 0.717) is 11.0 Å². The van der Waals surface area contributed by atoms with Gasteiger partial charge in [-0.1, -0.05) is 78.6 Å². The normalized spacial score (nSPS) is 11.0. The van der Waals surface area contributed by atoms with E-state index in [4.69, 9.17) is 9.97 Å². The van der Waals surface area contributed by atoms with Crippen molar-refractivity contribution in [3.8, 4) is 11.4 Å². The number of thioether (sulfide) groups is 1. The number of nitrogens with one attached hydrogen (secondary N) is 1. The van der Waals surface area contributed by atoms with E-state index >= 15 is 0 Å². The number of aromatic nitrogens is 4. The first-order valence-electron chi connectivity index (χ1n) is 9.22. The topological polar surface area (TPSA) is 80.7 Å². The van der Waals surface area contributed by atoms with E-state index in [2.05, 4.69) is 15.5 Å². The number of hydrogen-bond acceptors (Lipinski definition) is 7. The van der Waals surface area contributed by atoms with Gasteiger partial charge >= 0.3 is 0 Å². The molecule has 2 aromatic heterocycles. The van der Waals surface area contributed by atoms with Crippen LogP contribution in [0.4, 0.5) is 5.13 Å². The second-order valence-electron chi connectivity index (χ2n) is 6.38. The van der Waals surface area contributed by atoms with E-state index in [1.807, 2.05) is 62.4 Å². The molecule has 1 amide bonds. The van der Waals surface area contributed by atoms with Crippen molar-refractivity contribution < 1.29 is 4.79 Å². The second-order valence-corrected chi connectivity index (χ2v) is 8.41. The first-order chi connectivity index (χ1) is 14.1. The number of fused-ring (bicyclic) bond motifs is 1. The third-order valence-electron chi connectivity index (χ3n) is 4.28. The van der Waals surface area contributed by atoms with Crippen LogP contribution in [-0.4, -0.2) is 31.8 Å². The summed E-state index contributed by atoms with van der Waals surface area (Å²) < 4.78 is 0. The van der Waals surface area contributed by atoms with Gasteiger partial charge < -0.3 is 0 Å². The van der Waals surface area contributed by atoms with Gasteiger partial charge in [0.05, 0.1) is 11.3 Å². The SMILES string of the molecule is CCc1nnc(NC(=O)CSc2nc(-c3ccccc3)nc3c(C)cccc23)s1. The summed E-state index contributed by atoms with van der Waals surface area (Å²) in [7, 11) is 0. The molecular weight excluding hydrogens is 402 g/mol. The number of carbonyl (C=O) groups is 1. The lowest BCUT2D eigenvalue weighted by Crippen LogP contribution is -2.14. The Balaban J connectivity index is 1.60. The van der Waals surface area contributed by atoms with Crippen molar-refractivity contribution in [3.63, 3.8) is 0 Å². The first-order valence-corrected chi connectivity index (χ1v) is 11.0. The van der Waals surface area contributed by atoms with Gasteiger partial charge in [-0.3, -0.25) is 10.1 Å². The van der Waals surface area contributed by atoms with Crippen molar-refractivity contribution in [2.24, 2.45) is 0 Å². The standard InChI is InChI=1S/C21H19N5OS2/c1-3-17-25-26-21(29-17)22-16(27)12-28-20-15-11-7-8-13(2)18(15)23-19(24-20)14-9-5-4-6-10-14/h4-11H,3,12H2,1-2H3,(H,22,26,27). The number of carbonyl (C=O) groups excluding carboxylic acids is 1. The highest BCUT2D eigenvalue weighted by molar-refractivity contribution is 8.00. The van der Waals surface area contributed by atoms with Gasteiger partial charge in [0, 0.05) is 10.9 Å². The molecule has 2 heterocycles. The predicted molar refractivity (Wildman–Crippen MR) is 118 cm³/mol. The minimum atomic E-state index is -0.130. The van der Waals surface area contributed by atoms with E-state index in [9.17, 15) is 4.79 Å². The third kappa shape index (κ3) is 4.44. The highest BCUT2D eigenvalue weighted by Gasteiger charge is 2.14. The fraction of sp³-hybridized carbons (Fsp3) is 0.190. The molecule has 0 aliphatic carbocycles. The fourth-order valence-electron chi connectivity index (χ4n) is 2.83. The van der Waals surface area contributed by atoms with Crippen LogP contribution in [0.5, 0.6) is 0 Å². The molecule has 0 aliphatic heterocycles. The van der Waals surface area contributed by atoms with Gasteiger partial charge in [0.1, 0.15) is 10.0 Å². The molecule has 0 aliphatic rings. The number of rotatable bonds is 6. The lowest BCUT2D eigenvalue weighted by molar-refractivity contribution is -0.113. The number of para-hydroxylation sites is 1. The maximum atomic E-state index is 12.4. The molecule has 0 bridgehead atoms. The van der Waals surface area contributed by atoms with Crippen molar-refractivity contribution in [1.82, 2.24) is 20.2 Å². The summed E-state index contributed by atoms with van der Waals surface area (Å²) in [5, 5.41) is 14.0. The molecule has 0 atom stereocenters. The van der Waals surface area contributed by atoms with E-state index < -0.39 is 0 Å². The lowest BCUT2D eigenvalue weighted by atomic mass is 10.1. The number of aryl methyl sites for hydroxylation is 2. The summed E-state index contributed by atoms with van der Waals surface area (Å²) in [4.78, 5) is 21.9. The van der Waals surface area contributed by atoms with Crippen molar-refractivity contribution in [2.45, 2.75) is 25.3 Å². The maximum Gasteiger partial charge on any atom is 0.236 e. The van der Waals surface area contributed by atoms with Gasteiger partial charge in [0.15, 0.2) is 5.82 Å². The molecule has 1 N–H and O–H groups in total. The highest BCUT2D eigenvalue weighted by Crippen LogP contribution is 2.30. The zero-order valence-electron chi connectivity index (χ0n) is 16.0. The van der Waals surface area contributed by atoms with Crippen molar-refractivity contribution in [1.29, 1.82) is 0 Å². The lowest BCUT2D eigenvalue weighted by Gasteiger charge is -2.10. The summed E-state index contributed by atoms with van der Waals surface area (Å²) in [6.45, 7) is 4.04. The summed E-state index contributed by atoms with van der Waals surface area (Å²) >= 11 is 2.80. The Morgan fingerprint density at radius 3 is 2.66 bits per heavy atom. The van der Waals surface area contributed by atoms with Crippen LogP contribution in [0.15, 0.2) is 53.6 Å². The molecule has 0 radical (unpaired) electrons. The van der Waals surface area contributed by atoms with Crippen LogP contribution in [0.3, 0.4) is 0 Å². The van der Waals surface area contributed by atoms with Crippen LogP contribution in [-0.2, 0) is 11.2 Å². The summed E-state index contributed by atoms with van der Waals surface area (Å²) in [5.74, 6) is 0.761. The largest absolute Gasteiger partial charge is 0.300 e. The van der Waals surface area contributed by atoms with Crippen LogP contribution in [0.1, 0.15) is 17.5 Å². The Hall–Kier alpha value is -2.84. The average Bonchev–Trinajstić information content (AvgIpc) is 3.20. The van der Waals surface area contributed by atoms with Crippen LogP contribution in [0, 0.1) is 6.92 Å². The van der Waals surface area contributed by atoms with E-state index in [1.165, 1.54) is 23.1 Å². The van der Waals surface area contributed by atoms with Crippen molar-refractivity contribution in [3.05, 3.63) is 59.1 Å². The molecule has 2 aromatic carbocycles. The zero-order valence-corrected chi connectivity index (χ0v) is 17.7. The Labute approximate surface area is 176 Å². The predicted octanol–water partition coefficient (Wildman–Crippen LogP) is 4.75. The van der Waals surface area contributed by atoms with Gasteiger partial charge in [0.2, 0.25) is 11.0 Å². The quantitative estimate of drug-likeness (QED) is 0.357. The van der Waals surface area contributed by atoms with Crippen molar-refractivity contribution in [2.75, 3.05) is 11.1 Å². The number of benzene rings is 2. The number of hydrogen-bond donors (Lipinski definition) is 1. The molecule has 8 heteroatoms. The second kappa shape index (κ2) is 8.67. The fourth-order valence-corrected chi connectivity index (χ4v) is 4.34. The number of amides is 1. The van der Waals surface area contributed by atoms with Crippen LogP contribution in [0.2, 0.25) is 0 Å². The molecule has 29 heavy (non-hydrogen) atoms. The average molecular weight is 422 g/mol. The Morgan fingerprint density at radius 1 is 1.07 bits per heavy atom.